The van der Waals surface area contributed by atoms with E-state index in [1.54, 1.807) is 26.0 Å². The molecule has 2 aromatic rings. The van der Waals surface area contributed by atoms with Gasteiger partial charge in [-0.25, -0.2) is 0 Å². The van der Waals surface area contributed by atoms with Crippen LogP contribution in [0.2, 0.25) is 0 Å². The lowest BCUT2D eigenvalue weighted by Crippen LogP contribution is -2.12. The smallest absolute Gasteiger partial charge is 0.235 e. The van der Waals surface area contributed by atoms with Crippen LogP contribution in [0, 0.1) is 6.92 Å². The summed E-state index contributed by atoms with van der Waals surface area (Å²) in [5.41, 5.74) is 3.00. The topological polar surface area (TPSA) is 76.2 Å². The Hall–Kier alpha value is -2.15. The molecule has 0 saturated carbocycles. The Bertz CT molecular complexity index is 714. The zero-order valence-corrected chi connectivity index (χ0v) is 13.4. The largest absolute Gasteiger partial charge is 0.493 e. The maximum atomic E-state index is 11.8. The van der Waals surface area contributed by atoms with Crippen LogP contribution in [0.15, 0.2) is 18.2 Å². The van der Waals surface area contributed by atoms with Crippen LogP contribution >= 0.6 is 11.8 Å². The number of carbonyl (C=O) groups is 1. The van der Waals surface area contributed by atoms with Crippen molar-refractivity contribution in [3.8, 4) is 11.5 Å². The number of nitrogens with one attached hydrogen (secondary N) is 2. The fraction of sp³-hybridized carbons (Fsp3) is 0.333. The van der Waals surface area contributed by atoms with Gasteiger partial charge in [0.1, 0.15) is 0 Å². The number of aryl methyl sites for hydroxylation is 1. The van der Waals surface area contributed by atoms with E-state index in [0.717, 1.165) is 16.8 Å². The van der Waals surface area contributed by atoms with Crippen molar-refractivity contribution in [3.05, 3.63) is 35.0 Å². The molecular formula is C15H17N3O3S. The van der Waals surface area contributed by atoms with E-state index in [1.807, 2.05) is 25.1 Å². The van der Waals surface area contributed by atoms with Gasteiger partial charge in [-0.05, 0) is 24.6 Å². The number of carbonyl (C=O) groups excluding carboxylic acids is 1. The van der Waals surface area contributed by atoms with Crippen LogP contribution in [0.4, 0.5) is 5.82 Å². The molecule has 1 amide bonds. The number of ether oxygens (including phenoxy) is 2. The van der Waals surface area contributed by atoms with Gasteiger partial charge >= 0.3 is 0 Å². The van der Waals surface area contributed by atoms with Crippen molar-refractivity contribution in [3.63, 3.8) is 0 Å². The number of aromatic nitrogens is 2. The molecule has 0 spiro atoms. The number of rotatable bonds is 3. The van der Waals surface area contributed by atoms with Crippen LogP contribution in [0.1, 0.15) is 22.1 Å². The summed E-state index contributed by atoms with van der Waals surface area (Å²) in [6, 6.07) is 5.82. The lowest BCUT2D eigenvalue weighted by atomic mass is 10.0. The van der Waals surface area contributed by atoms with E-state index in [4.69, 9.17) is 9.47 Å². The summed E-state index contributed by atoms with van der Waals surface area (Å²) in [7, 11) is 3.22. The minimum atomic E-state index is -0.0410. The molecule has 2 N–H and O–H groups in total. The molecule has 1 aromatic heterocycles. The highest BCUT2D eigenvalue weighted by Crippen LogP contribution is 2.44. The molecular weight excluding hydrogens is 302 g/mol. The van der Waals surface area contributed by atoms with Crippen LogP contribution in [-0.2, 0) is 4.79 Å². The van der Waals surface area contributed by atoms with Gasteiger partial charge in [-0.2, -0.15) is 5.10 Å². The lowest BCUT2D eigenvalue weighted by molar-refractivity contribution is -0.113. The lowest BCUT2D eigenvalue weighted by Gasteiger charge is -2.17. The summed E-state index contributed by atoms with van der Waals surface area (Å²) >= 11 is 1.57. The first-order valence-corrected chi connectivity index (χ1v) is 7.87. The predicted molar refractivity (Wildman–Crippen MR) is 85.8 cm³/mol. The molecule has 6 nitrogen and oxygen atoms in total. The number of benzene rings is 1. The van der Waals surface area contributed by atoms with E-state index in [1.165, 1.54) is 0 Å². The SMILES string of the molecule is COc1ccc(C2SCC(=O)Nc3n[nH]c(C)c32)cc1OC. The van der Waals surface area contributed by atoms with Crippen LogP contribution in [-0.4, -0.2) is 36.1 Å². The standard InChI is InChI=1S/C15H17N3O3S/c1-8-13-14(22-7-12(19)16-15(13)18-17-8)9-4-5-10(20-2)11(6-9)21-3/h4-6,14H,7H2,1-3H3,(H2,16,17,18,19). The summed E-state index contributed by atoms with van der Waals surface area (Å²) < 4.78 is 10.7. The summed E-state index contributed by atoms with van der Waals surface area (Å²) in [5, 5.41) is 9.98. The number of nitrogens with zero attached hydrogens (tertiary/aromatic N) is 1. The molecule has 0 bridgehead atoms. The van der Waals surface area contributed by atoms with Gasteiger partial charge in [0.05, 0.1) is 25.2 Å². The van der Waals surface area contributed by atoms with Gasteiger partial charge < -0.3 is 14.8 Å². The Morgan fingerprint density at radius 3 is 2.77 bits per heavy atom. The molecule has 1 unspecified atom stereocenters. The van der Waals surface area contributed by atoms with Crippen molar-refractivity contribution in [2.75, 3.05) is 25.3 Å². The van der Waals surface area contributed by atoms with Crippen LogP contribution in [0.3, 0.4) is 0 Å². The van der Waals surface area contributed by atoms with Crippen LogP contribution in [0.5, 0.6) is 11.5 Å². The number of amides is 1. The molecule has 0 aliphatic carbocycles. The second-order valence-corrected chi connectivity index (χ2v) is 6.06. The summed E-state index contributed by atoms with van der Waals surface area (Å²) in [4.78, 5) is 11.8. The fourth-order valence-corrected chi connectivity index (χ4v) is 3.73. The van der Waals surface area contributed by atoms with E-state index >= 15 is 0 Å². The first-order chi connectivity index (χ1) is 10.6. The number of hydrogen-bond donors (Lipinski definition) is 2. The molecule has 2 heterocycles. The first-order valence-electron chi connectivity index (χ1n) is 6.82. The van der Waals surface area contributed by atoms with E-state index in [0.29, 0.717) is 23.1 Å². The molecule has 1 atom stereocenters. The van der Waals surface area contributed by atoms with Gasteiger partial charge in [-0.1, -0.05) is 6.07 Å². The normalized spacial score (nSPS) is 17.4. The Morgan fingerprint density at radius 1 is 1.27 bits per heavy atom. The summed E-state index contributed by atoms with van der Waals surface area (Å²) in [6.07, 6.45) is 0. The van der Waals surface area contributed by atoms with Gasteiger partial charge in [-0.3, -0.25) is 9.89 Å². The highest BCUT2D eigenvalue weighted by atomic mass is 32.2. The molecule has 0 radical (unpaired) electrons. The Balaban J connectivity index is 2.07. The first kappa shape index (κ1) is 14.8. The Kier molecular flexibility index (Phi) is 3.98. The monoisotopic (exact) mass is 319 g/mol. The van der Waals surface area contributed by atoms with Crippen LogP contribution < -0.4 is 14.8 Å². The fourth-order valence-electron chi connectivity index (χ4n) is 2.54. The predicted octanol–water partition coefficient (Wildman–Crippen LogP) is 2.51. The van der Waals surface area contributed by atoms with Gasteiger partial charge in [0.15, 0.2) is 17.3 Å². The number of fused-ring (bicyclic) bond motifs is 1. The zero-order chi connectivity index (χ0) is 15.7. The van der Waals surface area contributed by atoms with E-state index in [-0.39, 0.29) is 11.2 Å². The second-order valence-electron chi connectivity index (χ2n) is 4.96. The van der Waals surface area contributed by atoms with Crippen molar-refractivity contribution in [1.29, 1.82) is 0 Å². The average Bonchev–Trinajstić information content (AvgIpc) is 2.79. The zero-order valence-electron chi connectivity index (χ0n) is 12.6. The molecule has 22 heavy (non-hydrogen) atoms. The average molecular weight is 319 g/mol. The van der Waals surface area contributed by atoms with E-state index in [2.05, 4.69) is 15.5 Å². The highest BCUT2D eigenvalue weighted by molar-refractivity contribution is 8.00. The molecule has 1 aliphatic heterocycles. The molecule has 1 aromatic carbocycles. The number of methoxy groups -OCH3 is 2. The number of H-pyrrole nitrogens is 1. The minimum absolute atomic E-state index is 0.00695. The van der Waals surface area contributed by atoms with Crippen molar-refractivity contribution in [2.45, 2.75) is 12.2 Å². The molecule has 7 heteroatoms. The highest BCUT2D eigenvalue weighted by Gasteiger charge is 2.28. The van der Waals surface area contributed by atoms with Crippen molar-refractivity contribution in [1.82, 2.24) is 10.2 Å². The van der Waals surface area contributed by atoms with Crippen molar-refractivity contribution < 1.29 is 14.3 Å². The minimum Gasteiger partial charge on any atom is -0.493 e. The summed E-state index contributed by atoms with van der Waals surface area (Å²) in [5.74, 6) is 2.30. The molecule has 0 fully saturated rings. The summed E-state index contributed by atoms with van der Waals surface area (Å²) in [6.45, 7) is 1.96. The molecule has 116 valence electrons. The van der Waals surface area contributed by atoms with Crippen molar-refractivity contribution in [2.24, 2.45) is 0 Å². The maximum Gasteiger partial charge on any atom is 0.235 e. The number of anilines is 1. The van der Waals surface area contributed by atoms with E-state index in [9.17, 15) is 4.79 Å². The maximum absolute atomic E-state index is 11.8. The molecule has 3 rings (SSSR count). The third-order valence-electron chi connectivity index (χ3n) is 3.61. The number of hydrogen-bond acceptors (Lipinski definition) is 5. The Labute approximate surface area is 132 Å². The molecule has 0 saturated heterocycles. The van der Waals surface area contributed by atoms with Gasteiger partial charge in [-0.15, -0.1) is 11.8 Å². The third-order valence-corrected chi connectivity index (χ3v) is 4.88. The Morgan fingerprint density at radius 2 is 2.05 bits per heavy atom. The van der Waals surface area contributed by atoms with Crippen molar-refractivity contribution >= 4 is 23.5 Å². The van der Waals surface area contributed by atoms with Gasteiger partial charge in [0.25, 0.3) is 0 Å². The number of thioether (sulfide) groups is 1. The number of aromatic amines is 1. The third kappa shape index (κ3) is 2.52. The van der Waals surface area contributed by atoms with Crippen LogP contribution in [0.25, 0.3) is 0 Å². The van der Waals surface area contributed by atoms with E-state index < -0.39 is 0 Å². The second kappa shape index (κ2) is 5.92. The van der Waals surface area contributed by atoms with Gasteiger partial charge in [0.2, 0.25) is 5.91 Å². The molecule has 1 aliphatic rings. The quantitative estimate of drug-likeness (QED) is 0.909. The van der Waals surface area contributed by atoms with Gasteiger partial charge in [0, 0.05) is 11.3 Å².